The number of esters is 1. The molecule has 0 aliphatic carbocycles. The first kappa shape index (κ1) is 19.8. The van der Waals surface area contributed by atoms with E-state index >= 15 is 0 Å². The molecule has 5 nitrogen and oxygen atoms in total. The van der Waals surface area contributed by atoms with Crippen molar-refractivity contribution in [2.75, 3.05) is 0 Å². The number of aryl methyl sites for hydroxylation is 1. The number of fused-ring (bicyclic) bond motifs is 1. The first-order valence-corrected chi connectivity index (χ1v) is 9.12. The molecule has 0 unspecified atom stereocenters. The van der Waals surface area contributed by atoms with Crippen LogP contribution in [0.5, 0.6) is 5.75 Å². The summed E-state index contributed by atoms with van der Waals surface area (Å²) in [6.45, 7) is 5.46. The molecule has 1 aromatic heterocycles. The van der Waals surface area contributed by atoms with E-state index in [1.54, 1.807) is 13.0 Å². The van der Waals surface area contributed by atoms with Crippen LogP contribution in [0.2, 0.25) is 0 Å². The maximum Gasteiger partial charge on any atom is 0.328 e. The SMILES string of the molecule is CC[C@@H](C)[C@@H](N)C(=O)Oc1ccc2c(=O)c(-c3cccc(F)c3)c(C)oc2c1. The van der Waals surface area contributed by atoms with Crippen LogP contribution in [0.1, 0.15) is 26.0 Å². The van der Waals surface area contributed by atoms with Crippen LogP contribution < -0.4 is 15.9 Å². The summed E-state index contributed by atoms with van der Waals surface area (Å²) in [6, 6.07) is 9.60. The largest absolute Gasteiger partial charge is 0.460 e. The van der Waals surface area contributed by atoms with Gasteiger partial charge in [0.05, 0.1) is 10.9 Å². The molecule has 0 saturated heterocycles. The van der Waals surface area contributed by atoms with E-state index in [-0.39, 0.29) is 22.7 Å². The molecule has 0 bridgehead atoms. The van der Waals surface area contributed by atoms with Gasteiger partial charge in [-0.1, -0.05) is 32.4 Å². The number of hydrogen-bond donors (Lipinski definition) is 1. The van der Waals surface area contributed by atoms with Crippen molar-refractivity contribution in [2.24, 2.45) is 11.7 Å². The molecule has 6 heteroatoms. The predicted octanol–water partition coefficient (Wildman–Crippen LogP) is 4.19. The van der Waals surface area contributed by atoms with E-state index in [9.17, 15) is 14.0 Å². The van der Waals surface area contributed by atoms with Crippen molar-refractivity contribution in [3.8, 4) is 16.9 Å². The molecule has 3 rings (SSSR count). The third-order valence-corrected chi connectivity index (χ3v) is 4.90. The van der Waals surface area contributed by atoms with Gasteiger partial charge < -0.3 is 14.9 Å². The summed E-state index contributed by atoms with van der Waals surface area (Å²) < 4.78 is 24.7. The maximum absolute atomic E-state index is 13.6. The highest BCUT2D eigenvalue weighted by Crippen LogP contribution is 2.27. The maximum atomic E-state index is 13.6. The van der Waals surface area contributed by atoms with Crippen LogP contribution in [0.3, 0.4) is 0 Å². The molecular weight excluding hydrogens is 361 g/mol. The third-order valence-electron chi connectivity index (χ3n) is 4.90. The first-order valence-electron chi connectivity index (χ1n) is 9.12. The molecule has 0 radical (unpaired) electrons. The fourth-order valence-corrected chi connectivity index (χ4v) is 3.00. The van der Waals surface area contributed by atoms with Crippen LogP contribution >= 0.6 is 0 Å². The van der Waals surface area contributed by atoms with Crippen LogP contribution in [0.15, 0.2) is 51.7 Å². The molecule has 2 atom stereocenters. The lowest BCUT2D eigenvalue weighted by atomic mass is 10.0. The molecule has 0 aliphatic heterocycles. The predicted molar refractivity (Wildman–Crippen MR) is 106 cm³/mol. The number of rotatable bonds is 5. The van der Waals surface area contributed by atoms with Gasteiger partial charge in [0.25, 0.3) is 0 Å². The van der Waals surface area contributed by atoms with Crippen LogP contribution in [-0.4, -0.2) is 12.0 Å². The molecular formula is C22H22FNO4. The Hall–Kier alpha value is -2.99. The highest BCUT2D eigenvalue weighted by Gasteiger charge is 2.22. The van der Waals surface area contributed by atoms with E-state index < -0.39 is 17.8 Å². The number of nitrogens with two attached hydrogens (primary N) is 1. The molecule has 0 aliphatic rings. The van der Waals surface area contributed by atoms with E-state index in [1.165, 1.54) is 36.4 Å². The molecule has 2 N–H and O–H groups in total. The first-order chi connectivity index (χ1) is 13.3. The van der Waals surface area contributed by atoms with Gasteiger partial charge in [-0.3, -0.25) is 4.79 Å². The van der Waals surface area contributed by atoms with Gasteiger partial charge in [-0.05, 0) is 42.7 Å². The van der Waals surface area contributed by atoms with Crippen molar-refractivity contribution in [3.05, 3.63) is 64.3 Å². The van der Waals surface area contributed by atoms with Gasteiger partial charge in [-0.15, -0.1) is 0 Å². The Bertz CT molecular complexity index is 1090. The fraction of sp³-hybridized carbons (Fsp3) is 0.273. The summed E-state index contributed by atoms with van der Waals surface area (Å²) in [6.07, 6.45) is 0.755. The molecule has 0 amide bonds. The zero-order chi connectivity index (χ0) is 20.4. The Morgan fingerprint density at radius 3 is 2.68 bits per heavy atom. The van der Waals surface area contributed by atoms with Crippen molar-refractivity contribution < 1.29 is 18.3 Å². The third kappa shape index (κ3) is 3.82. The van der Waals surface area contributed by atoms with Gasteiger partial charge in [-0.25, -0.2) is 9.18 Å². The van der Waals surface area contributed by atoms with Gasteiger partial charge in [0, 0.05) is 6.07 Å². The summed E-state index contributed by atoms with van der Waals surface area (Å²) >= 11 is 0. The minimum Gasteiger partial charge on any atom is -0.460 e. The number of hydrogen-bond acceptors (Lipinski definition) is 5. The van der Waals surface area contributed by atoms with Crippen LogP contribution in [0.25, 0.3) is 22.1 Å². The van der Waals surface area contributed by atoms with Crippen molar-refractivity contribution in [3.63, 3.8) is 0 Å². The summed E-state index contributed by atoms with van der Waals surface area (Å²) in [5, 5.41) is 0.316. The van der Waals surface area contributed by atoms with E-state index in [0.29, 0.717) is 22.3 Å². The average molecular weight is 383 g/mol. The van der Waals surface area contributed by atoms with Gasteiger partial charge in [0.15, 0.2) is 0 Å². The second-order valence-corrected chi connectivity index (χ2v) is 6.86. The van der Waals surface area contributed by atoms with Gasteiger partial charge in [0.2, 0.25) is 5.43 Å². The van der Waals surface area contributed by atoms with E-state index in [1.807, 2.05) is 13.8 Å². The van der Waals surface area contributed by atoms with Crippen LogP contribution in [0.4, 0.5) is 4.39 Å². The molecule has 0 spiro atoms. The molecule has 28 heavy (non-hydrogen) atoms. The number of carbonyl (C=O) groups is 1. The lowest BCUT2D eigenvalue weighted by molar-refractivity contribution is -0.137. The zero-order valence-electron chi connectivity index (χ0n) is 16.0. The monoisotopic (exact) mass is 383 g/mol. The molecule has 0 saturated carbocycles. The normalized spacial score (nSPS) is 13.3. The highest BCUT2D eigenvalue weighted by atomic mass is 19.1. The molecule has 146 valence electrons. The molecule has 3 aromatic rings. The lowest BCUT2D eigenvalue weighted by Crippen LogP contribution is -2.39. The van der Waals surface area contributed by atoms with Gasteiger partial charge in [0.1, 0.15) is 29.0 Å². The standard InChI is InChI=1S/C22H22FNO4/c1-4-12(2)20(24)22(26)28-16-8-9-17-18(11-16)27-13(3)19(21(17)25)14-6-5-7-15(23)10-14/h5-12,20H,4,24H2,1-3H3/t12-,20-/m1/s1. The minimum absolute atomic E-state index is 0.0121. The Morgan fingerprint density at radius 2 is 2.00 bits per heavy atom. The number of benzene rings is 2. The van der Waals surface area contributed by atoms with Crippen molar-refractivity contribution in [1.82, 2.24) is 0 Å². The van der Waals surface area contributed by atoms with E-state index in [2.05, 4.69) is 0 Å². The smallest absolute Gasteiger partial charge is 0.328 e. The number of ether oxygens (including phenoxy) is 1. The van der Waals surface area contributed by atoms with Crippen LogP contribution in [0, 0.1) is 18.7 Å². The molecule has 0 fully saturated rings. The summed E-state index contributed by atoms with van der Waals surface area (Å²) in [5.74, 6) is -0.386. The Balaban J connectivity index is 1.99. The van der Waals surface area contributed by atoms with Gasteiger partial charge >= 0.3 is 5.97 Å². The second kappa shape index (κ2) is 7.94. The molecule has 1 heterocycles. The lowest BCUT2D eigenvalue weighted by Gasteiger charge is -2.16. The summed E-state index contributed by atoms with van der Waals surface area (Å²) in [7, 11) is 0. The molecule has 2 aromatic carbocycles. The number of carbonyl (C=O) groups excluding carboxylic acids is 1. The van der Waals surface area contributed by atoms with E-state index in [0.717, 1.165) is 6.42 Å². The zero-order valence-corrected chi connectivity index (χ0v) is 16.0. The fourth-order valence-electron chi connectivity index (χ4n) is 3.00. The Labute approximate surface area is 161 Å². The second-order valence-electron chi connectivity index (χ2n) is 6.86. The minimum atomic E-state index is -0.732. The van der Waals surface area contributed by atoms with E-state index in [4.69, 9.17) is 14.9 Å². The van der Waals surface area contributed by atoms with Crippen molar-refractivity contribution in [2.45, 2.75) is 33.2 Å². The number of halogens is 1. The Morgan fingerprint density at radius 1 is 1.25 bits per heavy atom. The van der Waals surface area contributed by atoms with Crippen molar-refractivity contribution >= 4 is 16.9 Å². The van der Waals surface area contributed by atoms with Crippen LogP contribution in [-0.2, 0) is 4.79 Å². The highest BCUT2D eigenvalue weighted by molar-refractivity contribution is 5.85. The Kier molecular flexibility index (Phi) is 5.61. The topological polar surface area (TPSA) is 82.5 Å². The summed E-state index contributed by atoms with van der Waals surface area (Å²) in [5.41, 5.74) is 6.65. The average Bonchev–Trinajstić information content (AvgIpc) is 2.66. The van der Waals surface area contributed by atoms with Crippen molar-refractivity contribution in [1.29, 1.82) is 0 Å². The quantitative estimate of drug-likeness (QED) is 0.528. The summed E-state index contributed by atoms with van der Waals surface area (Å²) in [4.78, 5) is 25.1. The van der Waals surface area contributed by atoms with Gasteiger partial charge in [-0.2, -0.15) is 0 Å².